The van der Waals surface area contributed by atoms with Crippen LogP contribution in [0.1, 0.15) is 39.5 Å². The number of carbonyl (C=O) groups is 2. The van der Waals surface area contributed by atoms with Crippen LogP contribution in [0.5, 0.6) is 0 Å². The number of benzene rings is 1. The van der Waals surface area contributed by atoms with Crippen LogP contribution in [-0.2, 0) is 9.59 Å². The molecule has 1 aromatic carbocycles. The average molecular weight is 294 g/mol. The second-order valence-electron chi connectivity index (χ2n) is 5.02. The first kappa shape index (κ1) is 17.1. The quantitative estimate of drug-likeness (QED) is 0.749. The molecule has 0 fully saturated rings. The largest absolute Gasteiger partial charge is 0.342 e. The smallest absolute Gasteiger partial charge is 0.226 e. The van der Waals surface area contributed by atoms with Gasteiger partial charge in [-0.25, -0.2) is 4.39 Å². The number of hydrogen-bond acceptors (Lipinski definition) is 2. The standard InChI is InChI=1S/C16H23FN2O2/c1-3-4-5-11-19(13(2)20)12-10-16(21)18-15-8-6-14(17)7-9-15/h6-9H,3-5,10-12H2,1-2H3,(H,18,21). The van der Waals surface area contributed by atoms with Crippen molar-refractivity contribution in [1.29, 1.82) is 0 Å². The third-order valence-corrected chi connectivity index (χ3v) is 3.21. The molecule has 0 spiro atoms. The minimum Gasteiger partial charge on any atom is -0.342 e. The fraction of sp³-hybridized carbons (Fsp3) is 0.500. The number of anilines is 1. The first-order valence-corrected chi connectivity index (χ1v) is 7.34. The maximum atomic E-state index is 12.8. The Morgan fingerprint density at radius 3 is 2.38 bits per heavy atom. The van der Waals surface area contributed by atoms with E-state index < -0.39 is 0 Å². The van der Waals surface area contributed by atoms with E-state index in [1.807, 2.05) is 0 Å². The number of rotatable bonds is 8. The fourth-order valence-corrected chi connectivity index (χ4v) is 1.97. The topological polar surface area (TPSA) is 49.4 Å². The van der Waals surface area contributed by atoms with Gasteiger partial charge in [0.05, 0.1) is 0 Å². The van der Waals surface area contributed by atoms with Crippen LogP contribution in [0.15, 0.2) is 24.3 Å². The molecular weight excluding hydrogens is 271 g/mol. The Morgan fingerprint density at radius 1 is 1.14 bits per heavy atom. The Labute approximate surface area is 125 Å². The maximum Gasteiger partial charge on any atom is 0.226 e. The summed E-state index contributed by atoms with van der Waals surface area (Å²) in [6.07, 6.45) is 3.36. The number of halogens is 1. The van der Waals surface area contributed by atoms with Crippen LogP contribution in [0.25, 0.3) is 0 Å². The van der Waals surface area contributed by atoms with Crippen molar-refractivity contribution >= 4 is 17.5 Å². The van der Waals surface area contributed by atoms with Gasteiger partial charge < -0.3 is 10.2 Å². The second kappa shape index (κ2) is 9.10. The van der Waals surface area contributed by atoms with E-state index in [9.17, 15) is 14.0 Å². The summed E-state index contributed by atoms with van der Waals surface area (Å²) in [6, 6.07) is 5.61. The zero-order valence-electron chi connectivity index (χ0n) is 12.7. The molecule has 0 aromatic heterocycles. The van der Waals surface area contributed by atoms with Gasteiger partial charge in [-0.05, 0) is 30.7 Å². The van der Waals surface area contributed by atoms with Crippen molar-refractivity contribution in [2.45, 2.75) is 39.5 Å². The van der Waals surface area contributed by atoms with Gasteiger partial charge >= 0.3 is 0 Å². The van der Waals surface area contributed by atoms with Gasteiger partial charge in [-0.1, -0.05) is 19.8 Å². The predicted octanol–water partition coefficient (Wildman–Crippen LogP) is 3.19. The number of nitrogens with zero attached hydrogens (tertiary/aromatic N) is 1. The molecule has 0 aliphatic carbocycles. The molecule has 1 aromatic rings. The van der Waals surface area contributed by atoms with E-state index in [2.05, 4.69) is 12.2 Å². The summed E-state index contributed by atoms with van der Waals surface area (Å²) in [4.78, 5) is 25.0. The van der Waals surface area contributed by atoms with Gasteiger partial charge in [-0.3, -0.25) is 9.59 Å². The molecule has 116 valence electrons. The second-order valence-corrected chi connectivity index (χ2v) is 5.02. The number of nitrogens with one attached hydrogen (secondary N) is 1. The summed E-state index contributed by atoms with van der Waals surface area (Å²) in [5.41, 5.74) is 0.557. The van der Waals surface area contributed by atoms with Gasteiger partial charge in [0.2, 0.25) is 11.8 Å². The molecule has 5 heteroatoms. The molecule has 1 rings (SSSR count). The lowest BCUT2D eigenvalue weighted by Gasteiger charge is -2.20. The van der Waals surface area contributed by atoms with Crippen molar-refractivity contribution in [1.82, 2.24) is 4.90 Å². The van der Waals surface area contributed by atoms with Gasteiger partial charge in [0.15, 0.2) is 0 Å². The predicted molar refractivity (Wildman–Crippen MR) is 81.4 cm³/mol. The van der Waals surface area contributed by atoms with Crippen LogP contribution in [0.3, 0.4) is 0 Å². The van der Waals surface area contributed by atoms with Crippen LogP contribution in [-0.4, -0.2) is 29.8 Å². The highest BCUT2D eigenvalue weighted by molar-refractivity contribution is 5.91. The lowest BCUT2D eigenvalue weighted by Crippen LogP contribution is -2.32. The molecule has 2 amide bonds. The maximum absolute atomic E-state index is 12.8. The van der Waals surface area contributed by atoms with E-state index in [0.29, 0.717) is 18.8 Å². The minimum absolute atomic E-state index is 0.0133. The van der Waals surface area contributed by atoms with Crippen molar-refractivity contribution in [3.05, 3.63) is 30.1 Å². The van der Waals surface area contributed by atoms with Crippen LogP contribution < -0.4 is 5.32 Å². The summed E-state index contributed by atoms with van der Waals surface area (Å²) in [7, 11) is 0. The van der Waals surface area contributed by atoms with E-state index in [4.69, 9.17) is 0 Å². The highest BCUT2D eigenvalue weighted by Gasteiger charge is 2.11. The van der Waals surface area contributed by atoms with Crippen LogP contribution in [0.2, 0.25) is 0 Å². The van der Waals surface area contributed by atoms with Crippen LogP contribution >= 0.6 is 0 Å². The van der Waals surface area contributed by atoms with E-state index in [1.54, 1.807) is 4.90 Å². The van der Waals surface area contributed by atoms with Gasteiger partial charge in [0.25, 0.3) is 0 Å². The Morgan fingerprint density at radius 2 is 1.81 bits per heavy atom. The molecule has 0 aliphatic heterocycles. The van der Waals surface area contributed by atoms with Crippen LogP contribution in [0.4, 0.5) is 10.1 Å². The third kappa shape index (κ3) is 6.88. The first-order valence-electron chi connectivity index (χ1n) is 7.34. The molecule has 0 saturated carbocycles. The Bertz CT molecular complexity index is 460. The Hall–Kier alpha value is -1.91. The number of carbonyl (C=O) groups excluding carboxylic acids is 2. The number of unbranched alkanes of at least 4 members (excludes halogenated alkanes) is 2. The molecule has 0 atom stereocenters. The number of hydrogen-bond donors (Lipinski definition) is 1. The van der Waals surface area contributed by atoms with Crippen molar-refractivity contribution in [2.75, 3.05) is 18.4 Å². The van der Waals surface area contributed by atoms with E-state index in [-0.39, 0.29) is 24.1 Å². The van der Waals surface area contributed by atoms with Crippen LogP contribution in [0, 0.1) is 5.82 Å². The molecule has 1 N–H and O–H groups in total. The lowest BCUT2D eigenvalue weighted by molar-refractivity contribution is -0.129. The average Bonchev–Trinajstić information content (AvgIpc) is 2.44. The monoisotopic (exact) mass is 294 g/mol. The zero-order chi connectivity index (χ0) is 15.7. The molecule has 4 nitrogen and oxygen atoms in total. The first-order chi connectivity index (χ1) is 10.0. The molecular formula is C16H23FN2O2. The molecule has 0 bridgehead atoms. The van der Waals surface area contributed by atoms with Crippen molar-refractivity contribution in [3.63, 3.8) is 0 Å². The summed E-state index contributed by atoms with van der Waals surface area (Å²) in [5.74, 6) is -0.532. The Kier molecular flexibility index (Phi) is 7.43. The highest BCUT2D eigenvalue weighted by atomic mass is 19.1. The molecule has 21 heavy (non-hydrogen) atoms. The third-order valence-electron chi connectivity index (χ3n) is 3.21. The Balaban J connectivity index is 2.38. The van der Waals surface area contributed by atoms with Crippen molar-refractivity contribution in [2.24, 2.45) is 0 Å². The molecule has 0 saturated heterocycles. The summed E-state index contributed by atoms with van der Waals surface area (Å²) in [5, 5.41) is 2.69. The zero-order valence-corrected chi connectivity index (χ0v) is 12.7. The molecule has 0 radical (unpaired) electrons. The van der Waals surface area contributed by atoms with E-state index in [0.717, 1.165) is 19.3 Å². The lowest BCUT2D eigenvalue weighted by atomic mass is 10.2. The van der Waals surface area contributed by atoms with Gasteiger partial charge in [-0.15, -0.1) is 0 Å². The van der Waals surface area contributed by atoms with Gasteiger partial charge in [-0.2, -0.15) is 0 Å². The van der Waals surface area contributed by atoms with Gasteiger partial charge in [0.1, 0.15) is 5.82 Å². The molecule has 0 unspecified atom stereocenters. The van der Waals surface area contributed by atoms with E-state index >= 15 is 0 Å². The van der Waals surface area contributed by atoms with Gasteiger partial charge in [0, 0.05) is 32.1 Å². The van der Waals surface area contributed by atoms with E-state index in [1.165, 1.54) is 31.2 Å². The molecule has 0 heterocycles. The molecule has 0 aliphatic rings. The summed E-state index contributed by atoms with van der Waals surface area (Å²) in [6.45, 7) is 4.72. The summed E-state index contributed by atoms with van der Waals surface area (Å²) >= 11 is 0. The van der Waals surface area contributed by atoms with Crippen molar-refractivity contribution < 1.29 is 14.0 Å². The summed E-state index contributed by atoms with van der Waals surface area (Å²) < 4.78 is 12.8. The minimum atomic E-state index is -0.341. The van der Waals surface area contributed by atoms with Crippen molar-refractivity contribution in [3.8, 4) is 0 Å². The SMILES string of the molecule is CCCCCN(CCC(=O)Nc1ccc(F)cc1)C(C)=O. The number of amides is 2. The highest BCUT2D eigenvalue weighted by Crippen LogP contribution is 2.09. The normalized spacial score (nSPS) is 10.2. The fourth-order valence-electron chi connectivity index (χ4n) is 1.97.